The quantitative estimate of drug-likeness (QED) is 0.382. The zero-order chi connectivity index (χ0) is 23.1. The Morgan fingerprint density at radius 2 is 1.82 bits per heavy atom. The predicted molar refractivity (Wildman–Crippen MR) is 134 cm³/mol. The minimum Gasteiger partial charge on any atom is -0.508 e. The lowest BCUT2D eigenvalue weighted by Gasteiger charge is -2.39. The number of phenolic OH excluding ortho intramolecular Hbond substituents is 1. The van der Waals surface area contributed by atoms with E-state index in [4.69, 9.17) is 4.98 Å². The number of anilines is 2. The molecule has 0 radical (unpaired) electrons. The summed E-state index contributed by atoms with van der Waals surface area (Å²) in [6, 6.07) is 15.7. The van der Waals surface area contributed by atoms with E-state index in [-0.39, 0.29) is 6.17 Å². The lowest BCUT2D eigenvalue weighted by atomic mass is 9.96. The number of rotatable bonds is 6. The van der Waals surface area contributed by atoms with Crippen molar-refractivity contribution >= 4 is 22.5 Å². The van der Waals surface area contributed by atoms with Crippen LogP contribution in [0.4, 0.5) is 11.6 Å². The van der Waals surface area contributed by atoms with E-state index in [2.05, 4.69) is 44.4 Å². The molecule has 8 nitrogen and oxygen atoms in total. The van der Waals surface area contributed by atoms with Gasteiger partial charge in [-0.25, -0.2) is 10.4 Å². The summed E-state index contributed by atoms with van der Waals surface area (Å²) in [6.45, 7) is 3.12. The number of pyridine rings is 2. The van der Waals surface area contributed by atoms with Crippen molar-refractivity contribution < 1.29 is 5.11 Å². The number of nitrogens with zero attached hydrogens (tertiary/aromatic N) is 3. The second kappa shape index (κ2) is 9.02. The average molecular weight is 460 g/mol. The van der Waals surface area contributed by atoms with Crippen molar-refractivity contribution in [2.75, 3.05) is 10.6 Å². The molecule has 5 N–H and O–H groups in total. The summed E-state index contributed by atoms with van der Waals surface area (Å²) in [6.07, 6.45) is 7.70. The number of hydrogen-bond donors (Lipinski definition) is 5. The summed E-state index contributed by atoms with van der Waals surface area (Å²) in [7, 11) is 0. The molecule has 5 heterocycles. The molecule has 5 atom stereocenters. The van der Waals surface area contributed by atoms with Gasteiger partial charge in [-0.05, 0) is 68.9 Å². The monoisotopic (exact) mass is 459 g/mol. The van der Waals surface area contributed by atoms with Gasteiger partial charge in [0.1, 0.15) is 17.4 Å². The standard InChI is InChI=1S/C26H33N7O/c1-16-11-25(32-31-16)29-24-14-23-22(3-2-10-27-23)26(30-24)28-18-12-19-6-7-20(13-18)33(19)15-17-4-8-21(34)9-5-17/h2-5,8-10,14,16,18-20,25,31-32,34H,6-7,11-13,15H2,1H3,(H2,28,29,30)/t16?,18?,19-,20+,25?. The van der Waals surface area contributed by atoms with Gasteiger partial charge in [0.15, 0.2) is 0 Å². The summed E-state index contributed by atoms with van der Waals surface area (Å²) in [4.78, 5) is 12.3. The lowest BCUT2D eigenvalue weighted by Crippen LogP contribution is -2.46. The second-order valence-corrected chi connectivity index (χ2v) is 10.1. The van der Waals surface area contributed by atoms with Crippen LogP contribution in [0.5, 0.6) is 5.75 Å². The summed E-state index contributed by atoms with van der Waals surface area (Å²) >= 11 is 0. The third kappa shape index (κ3) is 4.41. The molecule has 3 saturated heterocycles. The molecule has 3 unspecified atom stereocenters. The zero-order valence-electron chi connectivity index (χ0n) is 19.5. The van der Waals surface area contributed by atoms with Gasteiger partial charge in [0.25, 0.3) is 0 Å². The molecule has 0 aliphatic carbocycles. The molecule has 3 fully saturated rings. The molecule has 2 aromatic heterocycles. The Morgan fingerprint density at radius 1 is 1.03 bits per heavy atom. The summed E-state index contributed by atoms with van der Waals surface area (Å²) in [5.74, 6) is 2.09. The van der Waals surface area contributed by atoms with Crippen molar-refractivity contribution in [1.29, 1.82) is 0 Å². The maximum atomic E-state index is 9.60. The number of hydrogen-bond acceptors (Lipinski definition) is 8. The van der Waals surface area contributed by atoms with Crippen molar-refractivity contribution in [3.63, 3.8) is 0 Å². The van der Waals surface area contributed by atoms with Gasteiger partial charge in [-0.15, -0.1) is 0 Å². The van der Waals surface area contributed by atoms with Gasteiger partial charge in [-0.1, -0.05) is 12.1 Å². The first-order chi connectivity index (χ1) is 16.6. The normalized spacial score (nSPS) is 28.9. The molecule has 0 amide bonds. The van der Waals surface area contributed by atoms with Crippen LogP contribution >= 0.6 is 0 Å². The Morgan fingerprint density at radius 3 is 2.56 bits per heavy atom. The third-order valence-corrected chi connectivity index (χ3v) is 7.54. The van der Waals surface area contributed by atoms with E-state index in [0.717, 1.165) is 48.3 Å². The predicted octanol–water partition coefficient (Wildman–Crippen LogP) is 3.57. The fourth-order valence-electron chi connectivity index (χ4n) is 5.90. The maximum absolute atomic E-state index is 9.60. The molecule has 3 aliphatic heterocycles. The number of fused-ring (bicyclic) bond motifs is 3. The minimum absolute atomic E-state index is 0.149. The number of aromatic nitrogens is 2. The zero-order valence-corrected chi connectivity index (χ0v) is 19.5. The van der Waals surface area contributed by atoms with Crippen LogP contribution in [0.2, 0.25) is 0 Å². The molecule has 8 heteroatoms. The average Bonchev–Trinajstić information content (AvgIpc) is 3.33. The molecule has 3 aromatic rings. The van der Waals surface area contributed by atoms with Crippen LogP contribution in [-0.4, -0.2) is 50.3 Å². The molecular formula is C26H33N7O. The van der Waals surface area contributed by atoms with Gasteiger partial charge >= 0.3 is 0 Å². The number of benzene rings is 1. The second-order valence-electron chi connectivity index (χ2n) is 10.1. The molecule has 6 rings (SSSR count). The maximum Gasteiger partial charge on any atom is 0.138 e. The van der Waals surface area contributed by atoms with Crippen LogP contribution in [0.25, 0.3) is 10.9 Å². The van der Waals surface area contributed by atoms with E-state index < -0.39 is 0 Å². The molecule has 1 aromatic carbocycles. The number of aromatic hydroxyl groups is 1. The van der Waals surface area contributed by atoms with E-state index >= 15 is 0 Å². The lowest BCUT2D eigenvalue weighted by molar-refractivity contribution is 0.124. The Bertz CT molecular complexity index is 1140. The van der Waals surface area contributed by atoms with Crippen molar-refractivity contribution in [2.45, 2.75) is 75.9 Å². The van der Waals surface area contributed by atoms with E-state index in [9.17, 15) is 5.11 Å². The topological polar surface area (TPSA) is 97.4 Å². The molecule has 2 bridgehead atoms. The van der Waals surface area contributed by atoms with Crippen LogP contribution in [0.3, 0.4) is 0 Å². The SMILES string of the molecule is CC1CC(Nc2cc3ncccc3c(NC3C[C@H]4CC[C@@H](C3)N4Cc3ccc(O)cc3)n2)NN1. The summed E-state index contributed by atoms with van der Waals surface area (Å²) in [5, 5.41) is 18.0. The van der Waals surface area contributed by atoms with Crippen LogP contribution < -0.4 is 21.5 Å². The first kappa shape index (κ1) is 21.6. The van der Waals surface area contributed by atoms with Gasteiger partial charge in [0.05, 0.1) is 11.7 Å². The van der Waals surface area contributed by atoms with Crippen LogP contribution in [-0.2, 0) is 6.54 Å². The van der Waals surface area contributed by atoms with Crippen LogP contribution in [0.1, 0.15) is 44.6 Å². The van der Waals surface area contributed by atoms with Crippen molar-refractivity contribution in [2.24, 2.45) is 0 Å². The van der Waals surface area contributed by atoms with Crippen molar-refractivity contribution in [3.05, 3.63) is 54.2 Å². The fourth-order valence-corrected chi connectivity index (χ4v) is 5.90. The Hall–Kier alpha value is -2.94. The Kier molecular flexibility index (Phi) is 5.72. The molecule has 0 saturated carbocycles. The molecule has 34 heavy (non-hydrogen) atoms. The third-order valence-electron chi connectivity index (χ3n) is 7.54. The highest BCUT2D eigenvalue weighted by molar-refractivity contribution is 5.91. The summed E-state index contributed by atoms with van der Waals surface area (Å²) in [5.41, 5.74) is 8.77. The van der Waals surface area contributed by atoms with E-state index in [1.54, 1.807) is 12.1 Å². The van der Waals surface area contributed by atoms with Crippen LogP contribution in [0.15, 0.2) is 48.7 Å². The molecule has 3 aliphatic rings. The fraction of sp³-hybridized carbons (Fsp3) is 0.462. The Labute approximate surface area is 200 Å². The van der Waals surface area contributed by atoms with Crippen LogP contribution in [0, 0.1) is 0 Å². The first-order valence-corrected chi connectivity index (χ1v) is 12.4. The molecular weight excluding hydrogens is 426 g/mol. The number of nitrogens with one attached hydrogen (secondary N) is 4. The van der Waals surface area contributed by atoms with E-state index in [1.807, 2.05) is 30.5 Å². The van der Waals surface area contributed by atoms with Gasteiger partial charge in [-0.3, -0.25) is 15.3 Å². The van der Waals surface area contributed by atoms with Gasteiger partial charge in [-0.2, -0.15) is 0 Å². The smallest absolute Gasteiger partial charge is 0.138 e. The number of phenols is 1. The highest BCUT2D eigenvalue weighted by atomic mass is 16.3. The van der Waals surface area contributed by atoms with E-state index in [0.29, 0.717) is 29.9 Å². The van der Waals surface area contributed by atoms with Crippen molar-refractivity contribution in [3.8, 4) is 5.75 Å². The summed E-state index contributed by atoms with van der Waals surface area (Å²) < 4.78 is 0. The Balaban J connectivity index is 1.18. The first-order valence-electron chi connectivity index (χ1n) is 12.4. The highest BCUT2D eigenvalue weighted by Crippen LogP contribution is 2.38. The van der Waals surface area contributed by atoms with Gasteiger partial charge in [0, 0.05) is 48.4 Å². The van der Waals surface area contributed by atoms with Gasteiger partial charge < -0.3 is 15.7 Å². The highest BCUT2D eigenvalue weighted by Gasteiger charge is 2.40. The van der Waals surface area contributed by atoms with E-state index in [1.165, 1.54) is 18.4 Å². The molecule has 178 valence electrons. The van der Waals surface area contributed by atoms with Gasteiger partial charge in [0.2, 0.25) is 0 Å². The minimum atomic E-state index is 0.149. The largest absolute Gasteiger partial charge is 0.508 e. The number of piperidine rings is 1. The molecule has 0 spiro atoms. The van der Waals surface area contributed by atoms with Crippen molar-refractivity contribution in [1.82, 2.24) is 25.7 Å². The number of hydrazine groups is 1.